The van der Waals surface area contributed by atoms with Crippen molar-refractivity contribution in [3.63, 3.8) is 0 Å². The van der Waals surface area contributed by atoms with Crippen LogP contribution in [0.3, 0.4) is 0 Å². The first-order chi connectivity index (χ1) is 25.7. The van der Waals surface area contributed by atoms with Crippen molar-refractivity contribution in [2.45, 2.75) is 110 Å². The molecule has 4 amide bonds. The lowest BCUT2D eigenvalue weighted by atomic mass is 9.85. The lowest BCUT2D eigenvalue weighted by molar-refractivity contribution is -0.173. The molecule has 4 N–H and O–H groups in total. The second-order valence-electron chi connectivity index (χ2n) is 13.9. The van der Waals surface area contributed by atoms with E-state index in [1.54, 1.807) is 42.7 Å². The van der Waals surface area contributed by atoms with E-state index in [2.05, 4.69) is 17.2 Å². The number of pyridine rings is 2. The Bertz CT molecular complexity index is 2090. The number of rotatable bonds is 15. The number of phenols is 1. The zero-order chi connectivity index (χ0) is 39.3. The van der Waals surface area contributed by atoms with Crippen LogP contribution in [0.1, 0.15) is 101 Å². The molecular formula is C39H48N6O9. The topological polar surface area (TPSA) is 213 Å². The number of nitrogens with zero attached hydrogens (tertiary/aromatic N) is 4. The Morgan fingerprint density at radius 2 is 1.85 bits per heavy atom. The van der Waals surface area contributed by atoms with Crippen molar-refractivity contribution in [2.75, 3.05) is 13.6 Å². The highest BCUT2D eigenvalue weighted by Crippen LogP contribution is 2.42. The minimum atomic E-state index is -1.96. The molecule has 0 radical (unpaired) electrons. The van der Waals surface area contributed by atoms with Gasteiger partial charge < -0.3 is 35.1 Å². The number of hydrogen-bond donors (Lipinski definition) is 3. The number of aromatic hydroxyl groups is 1. The maximum atomic E-state index is 14.0. The summed E-state index contributed by atoms with van der Waals surface area (Å²) in [5, 5.41) is 13.6. The average Bonchev–Trinajstić information content (AvgIpc) is 3.49. The van der Waals surface area contributed by atoms with Gasteiger partial charge in [0.05, 0.1) is 35.4 Å². The van der Waals surface area contributed by atoms with Crippen LogP contribution in [0, 0.1) is 0 Å². The number of carbonyl (C=O) groups is 5. The Hall–Kier alpha value is -5.60. The molecule has 0 bridgehead atoms. The lowest BCUT2D eigenvalue weighted by Crippen LogP contribution is -2.51. The summed E-state index contributed by atoms with van der Waals surface area (Å²) in [6, 6.07) is 5.86. The first kappa shape index (κ1) is 39.6. The van der Waals surface area contributed by atoms with Gasteiger partial charge in [-0.1, -0.05) is 46.5 Å². The summed E-state index contributed by atoms with van der Waals surface area (Å²) in [5.41, 5.74) is 6.46. The number of nitrogens with two attached hydrogens (primary N) is 1. The number of fused-ring (bicyclic) bond motifs is 5. The number of ether oxygens (including phenoxy) is 2. The molecule has 5 rings (SSSR count). The van der Waals surface area contributed by atoms with Crippen LogP contribution in [0.15, 0.2) is 34.1 Å². The highest BCUT2D eigenvalue weighted by Gasteiger charge is 2.51. The molecule has 0 aliphatic carbocycles. The Morgan fingerprint density at radius 1 is 1.11 bits per heavy atom. The second-order valence-corrected chi connectivity index (χ2v) is 13.9. The van der Waals surface area contributed by atoms with Crippen LogP contribution in [-0.4, -0.2) is 74.7 Å². The Kier molecular flexibility index (Phi) is 12.2. The van der Waals surface area contributed by atoms with Gasteiger partial charge in [-0.2, -0.15) is 0 Å². The quantitative estimate of drug-likeness (QED) is 0.0899. The largest absolute Gasteiger partial charge is 0.508 e. The first-order valence-electron chi connectivity index (χ1n) is 18.5. The van der Waals surface area contributed by atoms with E-state index in [9.17, 15) is 33.9 Å². The molecule has 0 saturated carbocycles. The minimum absolute atomic E-state index is 0.0509. The monoisotopic (exact) mass is 744 g/mol. The van der Waals surface area contributed by atoms with Gasteiger partial charge in [0.15, 0.2) is 0 Å². The third-order valence-electron chi connectivity index (χ3n) is 9.97. The predicted molar refractivity (Wildman–Crippen MR) is 200 cm³/mol. The van der Waals surface area contributed by atoms with E-state index in [4.69, 9.17) is 20.2 Å². The Morgan fingerprint density at radius 3 is 2.54 bits per heavy atom. The van der Waals surface area contributed by atoms with Gasteiger partial charge in [0.25, 0.3) is 11.5 Å². The maximum Gasteiger partial charge on any atom is 0.411 e. The Labute approximate surface area is 312 Å². The molecule has 1 aromatic carbocycles. The number of hydrogen-bond acceptors (Lipinski definition) is 10. The maximum absolute atomic E-state index is 14.0. The summed E-state index contributed by atoms with van der Waals surface area (Å²) in [7, 11) is 1.41. The molecule has 2 atom stereocenters. The minimum Gasteiger partial charge on any atom is -0.508 e. The fourth-order valence-corrected chi connectivity index (χ4v) is 7.20. The van der Waals surface area contributed by atoms with Crippen molar-refractivity contribution in [3.8, 4) is 17.1 Å². The van der Waals surface area contributed by atoms with Crippen LogP contribution in [0.5, 0.6) is 5.75 Å². The second kappa shape index (κ2) is 16.6. The van der Waals surface area contributed by atoms with Crippen molar-refractivity contribution in [1.82, 2.24) is 19.8 Å². The fraction of sp³-hybridized carbons (Fsp3) is 0.487. The van der Waals surface area contributed by atoms with Gasteiger partial charge in [-0.3, -0.25) is 19.2 Å². The van der Waals surface area contributed by atoms with Crippen LogP contribution < -0.4 is 16.6 Å². The molecule has 2 aliphatic heterocycles. The molecule has 0 spiro atoms. The summed E-state index contributed by atoms with van der Waals surface area (Å²) in [6.07, 6.45) is 3.80. The normalized spacial score (nSPS) is 16.5. The molecule has 4 heterocycles. The van der Waals surface area contributed by atoms with Gasteiger partial charge in [-0.05, 0) is 56.0 Å². The number of unbranched alkanes of at least 4 members (excludes halogenated alkanes) is 4. The SMILES string of the molecule is CCCCCCCC(=O)N=C(CC(N)=O)C(=O)N[C@H](C)CN(C)C(=O)O[C@]1(CC)C(=O)OCc2c1cc1n(c2=O)Cc2c-1nc1ccc(O)cc1c2CC. The van der Waals surface area contributed by atoms with E-state index in [-0.39, 0.29) is 55.1 Å². The number of aryl methyl sites for hydroxylation is 1. The van der Waals surface area contributed by atoms with E-state index < -0.39 is 53.4 Å². The summed E-state index contributed by atoms with van der Waals surface area (Å²) in [6.45, 7) is 7.14. The van der Waals surface area contributed by atoms with E-state index in [0.717, 1.165) is 47.1 Å². The smallest absolute Gasteiger partial charge is 0.411 e. The Balaban J connectivity index is 1.36. The van der Waals surface area contributed by atoms with E-state index in [1.165, 1.54) is 7.05 Å². The molecule has 15 heteroatoms. The summed E-state index contributed by atoms with van der Waals surface area (Å²) < 4.78 is 13.0. The van der Waals surface area contributed by atoms with Gasteiger partial charge >= 0.3 is 12.1 Å². The van der Waals surface area contributed by atoms with Gasteiger partial charge in [0, 0.05) is 42.6 Å². The van der Waals surface area contributed by atoms with Crippen LogP contribution in [0.2, 0.25) is 0 Å². The first-order valence-corrected chi connectivity index (χ1v) is 18.5. The third kappa shape index (κ3) is 7.99. The molecule has 15 nitrogen and oxygen atoms in total. The van der Waals surface area contributed by atoms with Gasteiger partial charge in [-0.25, -0.2) is 19.6 Å². The number of amides is 4. The zero-order valence-electron chi connectivity index (χ0n) is 31.5. The molecule has 0 unspecified atom stereocenters. The van der Waals surface area contributed by atoms with Crippen LogP contribution >= 0.6 is 0 Å². The number of nitrogens with one attached hydrogen (secondary N) is 1. The van der Waals surface area contributed by atoms with Crippen molar-refractivity contribution < 1.29 is 38.6 Å². The number of likely N-dealkylation sites (N-methyl/N-ethyl adjacent to an activating group) is 1. The number of esters is 1. The van der Waals surface area contributed by atoms with E-state index in [1.807, 2.05) is 6.92 Å². The molecule has 288 valence electrons. The number of cyclic esters (lactones) is 1. The number of primary amides is 1. The van der Waals surface area contributed by atoms with Crippen molar-refractivity contribution in [2.24, 2.45) is 10.7 Å². The van der Waals surface area contributed by atoms with Crippen LogP contribution in [-0.2, 0) is 53.8 Å². The van der Waals surface area contributed by atoms with Crippen molar-refractivity contribution in [3.05, 3.63) is 56.9 Å². The third-order valence-corrected chi connectivity index (χ3v) is 9.97. The van der Waals surface area contributed by atoms with Gasteiger partial charge in [0.2, 0.25) is 17.4 Å². The number of phenolic OH excluding ortho intramolecular Hbond substituents is 1. The fourth-order valence-electron chi connectivity index (χ4n) is 7.20. The molecular weight excluding hydrogens is 696 g/mol. The van der Waals surface area contributed by atoms with Gasteiger partial charge in [-0.15, -0.1) is 0 Å². The average molecular weight is 745 g/mol. The zero-order valence-corrected chi connectivity index (χ0v) is 31.5. The molecule has 2 aliphatic rings. The number of aliphatic imine (C=N–C) groups is 1. The summed E-state index contributed by atoms with van der Waals surface area (Å²) >= 11 is 0. The molecule has 0 saturated heterocycles. The highest BCUT2D eigenvalue weighted by atomic mass is 16.6. The standard InChI is InChI=1S/C39H48N6O9/c1-6-9-10-11-12-13-33(48)42-30(18-32(40)47)35(49)41-22(4)19-44(5)38(52)54-39(8-3)28-17-31-34-26(20-45(31)36(50)27(28)21-53-37(39)51)24(7-2)25-16-23(46)14-15-29(25)43-34/h14-17,22,46H,6-13,18-21H2,1-5H3,(H2,40,47)(H,41,49)/t22-,39+/m1/s1. The number of carbonyl (C=O) groups excluding carboxylic acids is 5. The lowest BCUT2D eigenvalue weighted by Gasteiger charge is -2.37. The van der Waals surface area contributed by atoms with E-state index >= 15 is 0 Å². The van der Waals surface area contributed by atoms with Gasteiger partial charge in [0.1, 0.15) is 18.1 Å². The molecule has 0 fully saturated rings. The van der Waals surface area contributed by atoms with Crippen LogP contribution in [0.4, 0.5) is 4.79 Å². The highest BCUT2D eigenvalue weighted by molar-refractivity contribution is 6.43. The van der Waals surface area contributed by atoms with E-state index in [0.29, 0.717) is 29.7 Å². The van der Waals surface area contributed by atoms with Crippen LogP contribution in [0.25, 0.3) is 22.3 Å². The predicted octanol–water partition coefficient (Wildman–Crippen LogP) is 4.13. The summed E-state index contributed by atoms with van der Waals surface area (Å²) in [5.74, 6) is -2.87. The van der Waals surface area contributed by atoms with Crippen molar-refractivity contribution in [1.29, 1.82) is 0 Å². The molecule has 2 aromatic heterocycles. The molecule has 3 aromatic rings. The number of aromatic nitrogens is 2. The molecule has 54 heavy (non-hydrogen) atoms. The summed E-state index contributed by atoms with van der Waals surface area (Å²) in [4.78, 5) is 88.4. The number of benzene rings is 1. The van der Waals surface area contributed by atoms with Crippen molar-refractivity contribution >= 4 is 46.4 Å².